The van der Waals surface area contributed by atoms with E-state index in [0.717, 1.165) is 0 Å². The van der Waals surface area contributed by atoms with Crippen LogP contribution >= 0.6 is 0 Å². The first-order chi connectivity index (χ1) is 12.3. The summed E-state index contributed by atoms with van der Waals surface area (Å²) in [6, 6.07) is 0. The van der Waals surface area contributed by atoms with Crippen LogP contribution < -0.4 is 0 Å². The Morgan fingerprint density at radius 2 is 0.667 bits per heavy atom. The van der Waals surface area contributed by atoms with Crippen LogP contribution in [0.25, 0.3) is 0 Å². The van der Waals surface area contributed by atoms with Crippen LogP contribution in [0.1, 0.15) is 0 Å². The van der Waals surface area contributed by atoms with E-state index < -0.39 is 11.9 Å². The molecule has 4 fully saturated rings. The van der Waals surface area contributed by atoms with Crippen molar-refractivity contribution in [2.75, 3.05) is 0 Å². The predicted molar refractivity (Wildman–Crippen MR) is 95.0 cm³/mol. The molecule has 0 saturated heterocycles. The second kappa shape index (κ2) is 17.3. The molecular formula is C22H18O3Ru2+4. The third-order valence-electron chi connectivity index (χ3n) is 3.09. The third-order valence-corrected chi connectivity index (χ3v) is 3.09. The van der Waals surface area contributed by atoms with Crippen molar-refractivity contribution in [3.8, 4) is 0 Å². The molecule has 3 nitrogen and oxygen atoms in total. The molecule has 4 saturated carbocycles. The Balaban J connectivity index is 0.000000465. The first kappa shape index (κ1) is 27.4. The van der Waals surface area contributed by atoms with E-state index in [0.29, 0.717) is 11.8 Å². The van der Waals surface area contributed by atoms with Gasteiger partial charge >= 0.3 is 50.9 Å². The standard InChI is InChI=1S/C12H8O3.2C5H5.2Ru/c13-11(9-5-1-2-6-9)15-12(14)10-7-3-4-8-10;2*1-2-4-5-3-1;;/h1-8H;2*1-5H;;/q;;;2*+2. The Bertz CT molecular complexity index is 330. The third kappa shape index (κ3) is 11.9. The zero-order chi connectivity index (χ0) is 17.7. The van der Waals surface area contributed by atoms with Crippen molar-refractivity contribution in [2.24, 2.45) is 0 Å². The van der Waals surface area contributed by atoms with Gasteiger partial charge in [0.1, 0.15) is 0 Å². The van der Waals surface area contributed by atoms with Crippen LogP contribution in [-0.2, 0) is 53.3 Å². The van der Waals surface area contributed by atoms with Crippen molar-refractivity contribution in [3.05, 3.63) is 127 Å². The number of hydrogen-bond donors (Lipinski definition) is 0. The van der Waals surface area contributed by atoms with Crippen molar-refractivity contribution in [2.45, 2.75) is 0 Å². The van der Waals surface area contributed by atoms with Crippen LogP contribution in [0, 0.1) is 127 Å². The molecular weight excluding hydrogens is 514 g/mol. The minimum atomic E-state index is -0.619. The quantitative estimate of drug-likeness (QED) is 0.312. The molecule has 0 N–H and O–H groups in total. The van der Waals surface area contributed by atoms with Gasteiger partial charge in [-0.3, -0.25) is 9.59 Å². The summed E-state index contributed by atoms with van der Waals surface area (Å²) in [5, 5.41) is 0. The summed E-state index contributed by atoms with van der Waals surface area (Å²) in [5.74, 6) is -0.470. The summed E-state index contributed by atoms with van der Waals surface area (Å²) in [6.07, 6.45) is 33.2. The predicted octanol–water partition coefficient (Wildman–Crippen LogP) is 2.90. The summed E-state index contributed by atoms with van der Waals surface area (Å²) in [6.45, 7) is 0. The molecule has 5 heteroatoms. The van der Waals surface area contributed by atoms with Crippen LogP contribution in [0.4, 0.5) is 0 Å². The van der Waals surface area contributed by atoms with Crippen molar-refractivity contribution < 1.29 is 53.3 Å². The molecule has 0 bridgehead atoms. The number of carbonyl (C=O) groups is 2. The second-order valence-electron chi connectivity index (χ2n) is 4.95. The average molecular weight is 533 g/mol. The van der Waals surface area contributed by atoms with E-state index in [-0.39, 0.29) is 39.0 Å². The Morgan fingerprint density at radius 1 is 0.444 bits per heavy atom. The van der Waals surface area contributed by atoms with E-state index in [9.17, 15) is 9.59 Å². The first-order valence-electron chi connectivity index (χ1n) is 7.80. The number of ether oxygens (including phenoxy) is 1. The topological polar surface area (TPSA) is 43.4 Å². The molecule has 0 aliphatic heterocycles. The monoisotopic (exact) mass is 534 g/mol. The smallest absolute Gasteiger partial charge is 0.392 e. The van der Waals surface area contributed by atoms with E-state index in [2.05, 4.69) is 4.74 Å². The van der Waals surface area contributed by atoms with Crippen molar-refractivity contribution >= 4 is 11.9 Å². The number of esters is 2. The van der Waals surface area contributed by atoms with Crippen LogP contribution in [0.3, 0.4) is 0 Å². The number of hydrogen-bond acceptors (Lipinski definition) is 3. The maximum atomic E-state index is 11.4. The first-order valence-corrected chi connectivity index (χ1v) is 7.80. The van der Waals surface area contributed by atoms with Gasteiger partial charge in [0.05, 0.1) is 11.8 Å². The van der Waals surface area contributed by atoms with Crippen molar-refractivity contribution in [3.63, 3.8) is 0 Å². The average Bonchev–Trinajstić information content (AvgIpc) is 3.48. The minimum Gasteiger partial charge on any atom is -0.392 e. The van der Waals surface area contributed by atoms with Crippen molar-refractivity contribution in [1.29, 1.82) is 0 Å². The number of carbonyl (C=O) groups excluding carboxylic acids is 2. The van der Waals surface area contributed by atoms with Crippen LogP contribution in [0.5, 0.6) is 0 Å². The Morgan fingerprint density at radius 3 is 0.889 bits per heavy atom. The Hall–Kier alpha value is 0.387. The molecule has 0 spiro atoms. The number of rotatable bonds is 2. The SMILES string of the molecule is O=C(OC(=O)[C]1[CH][CH][CH][CH]1)[C]1[CH][CH][CH][CH]1.[CH]1[CH][CH][CH][CH]1.[CH]1[CH][CH][CH][CH]1.[Ru+2].[Ru+2]. The maximum Gasteiger partial charge on any atom is 2.00 e. The van der Waals surface area contributed by atoms with Gasteiger partial charge in [0.2, 0.25) is 0 Å². The fourth-order valence-corrected chi connectivity index (χ4v) is 1.86. The molecule has 27 heavy (non-hydrogen) atoms. The Kier molecular flexibility index (Phi) is 17.5. The fourth-order valence-electron chi connectivity index (χ4n) is 1.86. The van der Waals surface area contributed by atoms with Gasteiger partial charge in [0.25, 0.3) is 0 Å². The van der Waals surface area contributed by atoms with Gasteiger partial charge in [0.15, 0.2) is 0 Å². The summed E-state index contributed by atoms with van der Waals surface area (Å²) < 4.78 is 4.66. The van der Waals surface area contributed by atoms with Gasteiger partial charge in [-0.25, -0.2) is 0 Å². The molecule has 136 valence electrons. The molecule has 0 heterocycles. The van der Waals surface area contributed by atoms with Gasteiger partial charge in [-0.1, -0.05) is 0 Å². The molecule has 0 atom stereocenters. The molecule has 4 aliphatic rings. The van der Waals surface area contributed by atoms with Gasteiger partial charge in [0, 0.05) is 0 Å². The molecule has 4 aliphatic carbocycles. The van der Waals surface area contributed by atoms with E-state index >= 15 is 0 Å². The van der Waals surface area contributed by atoms with E-state index in [1.54, 1.807) is 51.4 Å². The zero-order valence-corrected chi connectivity index (χ0v) is 17.8. The summed E-state index contributed by atoms with van der Waals surface area (Å²) in [7, 11) is 0. The summed E-state index contributed by atoms with van der Waals surface area (Å²) in [4.78, 5) is 22.7. The molecule has 20 radical (unpaired) electrons. The van der Waals surface area contributed by atoms with Crippen LogP contribution in [-0.4, -0.2) is 11.9 Å². The minimum absolute atomic E-state index is 0. The van der Waals surface area contributed by atoms with Gasteiger partial charge in [-0.05, 0) is 116 Å². The molecule has 0 aromatic rings. The molecule has 0 aromatic carbocycles. The Labute approximate surface area is 192 Å². The summed E-state index contributed by atoms with van der Waals surface area (Å²) >= 11 is 0. The molecule has 4 rings (SSSR count). The second-order valence-corrected chi connectivity index (χ2v) is 4.95. The van der Waals surface area contributed by atoms with Crippen molar-refractivity contribution in [1.82, 2.24) is 0 Å². The van der Waals surface area contributed by atoms with Crippen LogP contribution in [0.15, 0.2) is 0 Å². The molecule has 0 amide bonds. The van der Waals surface area contributed by atoms with Gasteiger partial charge in [-0.15, -0.1) is 0 Å². The van der Waals surface area contributed by atoms with E-state index in [1.807, 2.05) is 64.2 Å². The van der Waals surface area contributed by atoms with Gasteiger partial charge in [-0.2, -0.15) is 0 Å². The van der Waals surface area contributed by atoms with E-state index in [4.69, 9.17) is 0 Å². The van der Waals surface area contributed by atoms with Gasteiger partial charge < -0.3 is 4.74 Å². The zero-order valence-electron chi connectivity index (χ0n) is 14.3. The summed E-state index contributed by atoms with van der Waals surface area (Å²) in [5.41, 5.74) is 0. The fraction of sp³-hybridized carbons (Fsp3) is 0. The van der Waals surface area contributed by atoms with E-state index in [1.165, 1.54) is 0 Å². The van der Waals surface area contributed by atoms with Crippen LogP contribution in [0.2, 0.25) is 0 Å². The molecule has 0 unspecified atom stereocenters. The normalized spacial score (nSPS) is 21.8. The molecule has 0 aromatic heterocycles. The largest absolute Gasteiger partial charge is 2.00 e. The maximum absolute atomic E-state index is 11.4.